The third kappa shape index (κ3) is 6.50. The lowest BCUT2D eigenvalue weighted by Gasteiger charge is -2.34. The van der Waals surface area contributed by atoms with Gasteiger partial charge in [0, 0.05) is 0 Å². The van der Waals surface area contributed by atoms with Gasteiger partial charge in [-0.05, 0) is 67.6 Å². The number of hydrogen-bond donors (Lipinski definition) is 0. The maximum atomic E-state index is 2.33. The highest BCUT2D eigenvalue weighted by Crippen LogP contribution is 2.62. The maximum absolute atomic E-state index is 2.33. The summed E-state index contributed by atoms with van der Waals surface area (Å²) in [5, 5.41) is 0. The van der Waals surface area contributed by atoms with Crippen LogP contribution in [0.3, 0.4) is 0 Å². The molecule has 2 bridgehead atoms. The van der Waals surface area contributed by atoms with E-state index < -0.39 is 0 Å². The SMILES string of the molecule is CCCCCCCCC(CCCCCCCC)CC1CC2CC1C1CCCC21. The molecule has 0 saturated heterocycles. The Balaban J connectivity index is 1.38. The first-order valence-corrected chi connectivity index (χ1v) is 13.8. The van der Waals surface area contributed by atoms with Crippen molar-refractivity contribution < 1.29 is 0 Å². The maximum Gasteiger partial charge on any atom is -0.0352 e. The lowest BCUT2D eigenvalue weighted by atomic mass is 9.72. The van der Waals surface area contributed by atoms with Gasteiger partial charge >= 0.3 is 0 Å². The molecule has 3 aliphatic rings. The second-order valence-electron chi connectivity index (χ2n) is 11.1. The number of fused-ring (bicyclic) bond motifs is 5. The van der Waals surface area contributed by atoms with Gasteiger partial charge in [-0.25, -0.2) is 0 Å². The number of unbranched alkanes of at least 4 members (excludes halogenated alkanes) is 10. The molecule has 0 N–H and O–H groups in total. The monoisotopic (exact) mass is 388 g/mol. The van der Waals surface area contributed by atoms with Gasteiger partial charge in [-0.3, -0.25) is 0 Å². The predicted molar refractivity (Wildman–Crippen MR) is 125 cm³/mol. The molecular weight excluding hydrogens is 336 g/mol. The molecule has 0 heteroatoms. The summed E-state index contributed by atoms with van der Waals surface area (Å²) >= 11 is 0. The summed E-state index contributed by atoms with van der Waals surface area (Å²) in [5.74, 6) is 6.88. The normalized spacial score (nSPS) is 31.2. The average molecular weight is 389 g/mol. The van der Waals surface area contributed by atoms with Gasteiger partial charge in [0.25, 0.3) is 0 Å². The zero-order chi connectivity index (χ0) is 19.6. The van der Waals surface area contributed by atoms with Crippen molar-refractivity contribution in [3.8, 4) is 0 Å². The van der Waals surface area contributed by atoms with Gasteiger partial charge in [0.15, 0.2) is 0 Å². The van der Waals surface area contributed by atoms with E-state index in [-0.39, 0.29) is 0 Å². The Labute approximate surface area is 178 Å². The zero-order valence-corrected chi connectivity index (χ0v) is 19.6. The van der Waals surface area contributed by atoms with Crippen LogP contribution < -0.4 is 0 Å². The summed E-state index contributed by atoms with van der Waals surface area (Å²) in [6, 6.07) is 0. The van der Waals surface area contributed by atoms with Crippen LogP contribution in [-0.2, 0) is 0 Å². The quantitative estimate of drug-likeness (QED) is 0.231. The van der Waals surface area contributed by atoms with E-state index in [0.29, 0.717) is 0 Å². The van der Waals surface area contributed by atoms with Gasteiger partial charge in [0.2, 0.25) is 0 Å². The van der Waals surface area contributed by atoms with Gasteiger partial charge in [0.1, 0.15) is 0 Å². The molecule has 3 rings (SSSR count). The Morgan fingerprint density at radius 3 is 1.82 bits per heavy atom. The molecular formula is C28H52. The van der Waals surface area contributed by atoms with Gasteiger partial charge in [-0.1, -0.05) is 110 Å². The molecule has 5 unspecified atom stereocenters. The Kier molecular flexibility index (Phi) is 10.2. The van der Waals surface area contributed by atoms with Crippen LogP contribution in [0.4, 0.5) is 0 Å². The first-order valence-electron chi connectivity index (χ1n) is 13.8. The highest BCUT2D eigenvalue weighted by molar-refractivity contribution is 5.03. The van der Waals surface area contributed by atoms with E-state index in [1.54, 1.807) is 51.4 Å². The van der Waals surface area contributed by atoms with E-state index in [1.807, 2.05) is 0 Å². The van der Waals surface area contributed by atoms with E-state index in [9.17, 15) is 0 Å². The zero-order valence-electron chi connectivity index (χ0n) is 19.6. The van der Waals surface area contributed by atoms with E-state index in [0.717, 1.165) is 23.7 Å². The molecule has 0 aromatic heterocycles. The summed E-state index contributed by atoms with van der Waals surface area (Å²) in [4.78, 5) is 0. The molecule has 0 aliphatic heterocycles. The van der Waals surface area contributed by atoms with Gasteiger partial charge in [0.05, 0.1) is 0 Å². The highest BCUT2D eigenvalue weighted by Gasteiger charge is 2.53. The van der Waals surface area contributed by atoms with Crippen molar-refractivity contribution in [2.45, 2.75) is 142 Å². The third-order valence-corrected chi connectivity index (χ3v) is 9.13. The van der Waals surface area contributed by atoms with E-state index >= 15 is 0 Å². The molecule has 0 aromatic rings. The molecule has 5 atom stereocenters. The largest absolute Gasteiger partial charge is 0.0654 e. The Bertz CT molecular complexity index is 383. The lowest BCUT2D eigenvalue weighted by Crippen LogP contribution is -2.26. The Morgan fingerprint density at radius 1 is 0.607 bits per heavy atom. The summed E-state index contributed by atoms with van der Waals surface area (Å²) in [5.41, 5.74) is 0. The van der Waals surface area contributed by atoms with Gasteiger partial charge in [-0.2, -0.15) is 0 Å². The summed E-state index contributed by atoms with van der Waals surface area (Å²) < 4.78 is 0. The molecule has 164 valence electrons. The highest BCUT2D eigenvalue weighted by atomic mass is 14.6. The van der Waals surface area contributed by atoms with Crippen LogP contribution in [0.25, 0.3) is 0 Å². The molecule has 0 aromatic carbocycles. The second-order valence-corrected chi connectivity index (χ2v) is 11.1. The number of rotatable bonds is 16. The predicted octanol–water partition coefficient (Wildman–Crippen LogP) is 9.57. The van der Waals surface area contributed by atoms with Crippen molar-refractivity contribution in [3.05, 3.63) is 0 Å². The van der Waals surface area contributed by atoms with Crippen LogP contribution in [0.15, 0.2) is 0 Å². The van der Waals surface area contributed by atoms with Crippen molar-refractivity contribution in [1.82, 2.24) is 0 Å². The van der Waals surface area contributed by atoms with Crippen LogP contribution in [0, 0.1) is 35.5 Å². The topological polar surface area (TPSA) is 0 Å². The number of hydrogen-bond acceptors (Lipinski definition) is 0. The minimum atomic E-state index is 1.07. The fraction of sp³-hybridized carbons (Fsp3) is 1.00. The van der Waals surface area contributed by atoms with Crippen LogP contribution in [0.5, 0.6) is 0 Å². The Hall–Kier alpha value is 0. The lowest BCUT2D eigenvalue weighted by molar-refractivity contribution is 0.157. The minimum Gasteiger partial charge on any atom is -0.0654 e. The Morgan fingerprint density at radius 2 is 1.18 bits per heavy atom. The molecule has 3 fully saturated rings. The van der Waals surface area contributed by atoms with Crippen LogP contribution in [0.1, 0.15) is 142 Å². The summed E-state index contributed by atoms with van der Waals surface area (Å²) in [6.07, 6.45) is 30.5. The van der Waals surface area contributed by atoms with E-state index in [1.165, 1.54) is 88.9 Å². The average Bonchev–Trinajstić information content (AvgIpc) is 3.40. The minimum absolute atomic E-state index is 1.07. The van der Waals surface area contributed by atoms with Crippen LogP contribution >= 0.6 is 0 Å². The first-order chi connectivity index (χ1) is 13.8. The van der Waals surface area contributed by atoms with Crippen LogP contribution in [-0.4, -0.2) is 0 Å². The van der Waals surface area contributed by atoms with Gasteiger partial charge < -0.3 is 0 Å². The first kappa shape index (κ1) is 22.7. The van der Waals surface area contributed by atoms with Crippen molar-refractivity contribution >= 4 is 0 Å². The van der Waals surface area contributed by atoms with Crippen LogP contribution in [0.2, 0.25) is 0 Å². The molecule has 0 nitrogen and oxygen atoms in total. The smallest absolute Gasteiger partial charge is 0.0352 e. The third-order valence-electron chi connectivity index (χ3n) is 9.13. The van der Waals surface area contributed by atoms with Gasteiger partial charge in [-0.15, -0.1) is 0 Å². The van der Waals surface area contributed by atoms with E-state index in [4.69, 9.17) is 0 Å². The van der Waals surface area contributed by atoms with Crippen molar-refractivity contribution in [2.24, 2.45) is 35.5 Å². The molecule has 28 heavy (non-hydrogen) atoms. The van der Waals surface area contributed by atoms with Crippen molar-refractivity contribution in [1.29, 1.82) is 0 Å². The summed E-state index contributed by atoms with van der Waals surface area (Å²) in [7, 11) is 0. The molecule has 0 heterocycles. The molecule has 0 radical (unpaired) electrons. The summed E-state index contributed by atoms with van der Waals surface area (Å²) in [6.45, 7) is 4.67. The van der Waals surface area contributed by atoms with Crippen molar-refractivity contribution in [2.75, 3.05) is 0 Å². The second kappa shape index (κ2) is 12.6. The fourth-order valence-corrected chi connectivity index (χ4v) is 7.72. The van der Waals surface area contributed by atoms with Crippen molar-refractivity contribution in [3.63, 3.8) is 0 Å². The molecule has 3 aliphatic carbocycles. The fourth-order valence-electron chi connectivity index (χ4n) is 7.72. The molecule has 3 saturated carbocycles. The molecule has 0 amide bonds. The standard InChI is InChI=1S/C28H52/c1-3-5-7-9-11-13-16-23(17-14-12-10-8-6-4-2)20-24-21-25-22-28(24)27-19-15-18-26(25)27/h23-28H,3-22H2,1-2H3. The molecule has 0 spiro atoms. The van der Waals surface area contributed by atoms with E-state index in [2.05, 4.69) is 13.8 Å².